The number of nitrogens with one attached hydrogen (secondary N) is 1. The molecule has 6 heteroatoms. The number of rotatable bonds is 4. The molecule has 0 heterocycles. The van der Waals surface area contributed by atoms with Crippen LogP contribution in [0.5, 0.6) is 0 Å². The van der Waals surface area contributed by atoms with Gasteiger partial charge in [-0.1, -0.05) is 32.1 Å². The van der Waals surface area contributed by atoms with Gasteiger partial charge in [0.1, 0.15) is 5.82 Å². The molecule has 0 unspecified atom stereocenters. The van der Waals surface area contributed by atoms with Gasteiger partial charge in [-0.3, -0.25) is 4.79 Å². The van der Waals surface area contributed by atoms with Crippen LogP contribution in [-0.2, 0) is 0 Å². The number of halogens is 2. The molecule has 3 N–H and O–H groups in total. The molecule has 98 valence electrons. The predicted molar refractivity (Wildman–Crippen MR) is 77.0 cm³/mol. The lowest BCUT2D eigenvalue weighted by Gasteiger charge is -2.23. The second-order valence-corrected chi connectivity index (χ2v) is 5.83. The molecular weight excluding hydrogens is 319 g/mol. The van der Waals surface area contributed by atoms with Crippen molar-refractivity contribution in [3.05, 3.63) is 34.1 Å². The summed E-state index contributed by atoms with van der Waals surface area (Å²) in [6.07, 6.45) is 0. The summed E-state index contributed by atoms with van der Waals surface area (Å²) < 4.78 is 13.9. The zero-order valence-electron chi connectivity index (χ0n) is 10.1. The molecule has 0 aliphatic heterocycles. The van der Waals surface area contributed by atoms with Crippen LogP contribution in [0.4, 0.5) is 4.39 Å². The van der Waals surface area contributed by atoms with Gasteiger partial charge < -0.3 is 11.1 Å². The van der Waals surface area contributed by atoms with Gasteiger partial charge in [0, 0.05) is 12.0 Å². The summed E-state index contributed by atoms with van der Waals surface area (Å²) in [6, 6.07) is 4.55. The molecule has 0 radical (unpaired) electrons. The normalized spacial score (nSPS) is 11.1. The number of hydrogen-bond donors (Lipinski definition) is 2. The number of carbonyl (C=O) groups excluding carboxylic acids is 1. The van der Waals surface area contributed by atoms with Gasteiger partial charge in [-0.25, -0.2) is 4.39 Å². The lowest BCUT2D eigenvalue weighted by molar-refractivity contribution is 0.0941. The van der Waals surface area contributed by atoms with Crippen LogP contribution in [0.25, 0.3) is 0 Å². The van der Waals surface area contributed by atoms with E-state index in [0.717, 1.165) is 0 Å². The fourth-order valence-corrected chi connectivity index (χ4v) is 1.60. The van der Waals surface area contributed by atoms with E-state index >= 15 is 0 Å². The molecule has 3 nitrogen and oxygen atoms in total. The van der Waals surface area contributed by atoms with Crippen molar-refractivity contribution in [2.45, 2.75) is 13.8 Å². The van der Waals surface area contributed by atoms with Gasteiger partial charge >= 0.3 is 0 Å². The third-order valence-corrected chi connectivity index (χ3v) is 3.72. The van der Waals surface area contributed by atoms with Crippen LogP contribution < -0.4 is 11.1 Å². The van der Waals surface area contributed by atoms with Crippen molar-refractivity contribution < 1.29 is 9.18 Å². The van der Waals surface area contributed by atoms with Crippen molar-refractivity contribution in [2.24, 2.45) is 11.1 Å². The largest absolute Gasteiger partial charge is 0.393 e. The topological polar surface area (TPSA) is 55.1 Å². The lowest BCUT2D eigenvalue weighted by Crippen LogP contribution is -2.41. The molecule has 0 bridgehead atoms. The third kappa shape index (κ3) is 3.49. The Morgan fingerprint density at radius 1 is 1.56 bits per heavy atom. The molecule has 1 amide bonds. The lowest BCUT2D eigenvalue weighted by atomic mass is 9.93. The first-order valence-corrected chi connectivity index (χ1v) is 6.48. The summed E-state index contributed by atoms with van der Waals surface area (Å²) in [4.78, 5) is 12.1. The van der Waals surface area contributed by atoms with Crippen molar-refractivity contribution >= 4 is 39.0 Å². The van der Waals surface area contributed by atoms with E-state index in [2.05, 4.69) is 21.2 Å². The molecule has 0 atom stereocenters. The summed E-state index contributed by atoms with van der Waals surface area (Å²) in [6.45, 7) is 3.88. The van der Waals surface area contributed by atoms with Crippen LogP contribution in [0.15, 0.2) is 22.7 Å². The van der Waals surface area contributed by atoms with Gasteiger partial charge in [0.15, 0.2) is 0 Å². The number of benzene rings is 1. The Morgan fingerprint density at radius 2 is 2.17 bits per heavy atom. The molecule has 0 aliphatic rings. The Hall–Kier alpha value is -1.01. The third-order valence-electron chi connectivity index (χ3n) is 2.55. The van der Waals surface area contributed by atoms with E-state index in [1.807, 2.05) is 13.8 Å². The van der Waals surface area contributed by atoms with Crippen LogP contribution >= 0.6 is 28.1 Å². The first-order chi connectivity index (χ1) is 8.25. The van der Waals surface area contributed by atoms with E-state index in [1.54, 1.807) is 6.07 Å². The van der Waals surface area contributed by atoms with E-state index in [4.69, 9.17) is 18.0 Å². The minimum atomic E-state index is -0.580. The fraction of sp³-hybridized carbons (Fsp3) is 0.333. The van der Waals surface area contributed by atoms with Crippen molar-refractivity contribution in [3.8, 4) is 0 Å². The zero-order chi connectivity index (χ0) is 13.9. The van der Waals surface area contributed by atoms with Crippen LogP contribution in [0, 0.1) is 11.2 Å². The molecule has 0 saturated carbocycles. The second-order valence-electron chi connectivity index (χ2n) is 4.53. The second kappa shape index (κ2) is 5.75. The fourth-order valence-electron chi connectivity index (χ4n) is 1.16. The summed E-state index contributed by atoms with van der Waals surface area (Å²) in [5.74, 6) is -1.07. The van der Waals surface area contributed by atoms with Gasteiger partial charge in [-0.15, -0.1) is 0 Å². The smallest absolute Gasteiger partial charge is 0.254 e. The standard InChI is InChI=1S/C12H14BrFN2OS/c1-12(2,11(15)18)6-16-10(17)7-4-3-5-8(13)9(7)14/h3-5H,6H2,1-2H3,(H2,15,18)(H,16,17). The summed E-state index contributed by atoms with van der Waals surface area (Å²) in [5, 5.41) is 2.62. The minimum absolute atomic E-state index is 0.0110. The Kier molecular flexibility index (Phi) is 4.81. The molecule has 0 aromatic heterocycles. The van der Waals surface area contributed by atoms with E-state index in [1.165, 1.54) is 12.1 Å². The van der Waals surface area contributed by atoms with E-state index < -0.39 is 17.1 Å². The highest BCUT2D eigenvalue weighted by Crippen LogP contribution is 2.19. The van der Waals surface area contributed by atoms with E-state index in [9.17, 15) is 9.18 Å². The van der Waals surface area contributed by atoms with Crippen LogP contribution in [-0.4, -0.2) is 17.4 Å². The van der Waals surface area contributed by atoms with Crippen LogP contribution in [0.3, 0.4) is 0 Å². The van der Waals surface area contributed by atoms with E-state index in [0.29, 0.717) is 4.99 Å². The average Bonchev–Trinajstić information content (AvgIpc) is 2.29. The number of amides is 1. The molecule has 0 saturated heterocycles. The Morgan fingerprint density at radius 3 is 2.72 bits per heavy atom. The Bertz CT molecular complexity index is 491. The summed E-state index contributed by atoms with van der Waals surface area (Å²) in [7, 11) is 0. The highest BCUT2D eigenvalue weighted by atomic mass is 79.9. The number of hydrogen-bond acceptors (Lipinski definition) is 2. The summed E-state index contributed by atoms with van der Waals surface area (Å²) >= 11 is 7.92. The maximum absolute atomic E-state index is 13.7. The van der Waals surface area contributed by atoms with Gasteiger partial charge in [0.05, 0.1) is 15.0 Å². The van der Waals surface area contributed by atoms with Crippen molar-refractivity contribution in [1.29, 1.82) is 0 Å². The molecule has 1 rings (SSSR count). The highest BCUT2D eigenvalue weighted by Gasteiger charge is 2.23. The Balaban J connectivity index is 2.78. The van der Waals surface area contributed by atoms with Gasteiger partial charge in [0.2, 0.25) is 0 Å². The molecular formula is C12H14BrFN2OS. The van der Waals surface area contributed by atoms with Gasteiger partial charge in [-0.05, 0) is 28.1 Å². The molecule has 1 aromatic carbocycles. The monoisotopic (exact) mass is 332 g/mol. The maximum Gasteiger partial charge on any atom is 0.254 e. The number of nitrogens with two attached hydrogens (primary N) is 1. The SMILES string of the molecule is CC(C)(CNC(=O)c1cccc(Br)c1F)C(N)=S. The maximum atomic E-state index is 13.7. The minimum Gasteiger partial charge on any atom is -0.393 e. The molecule has 0 spiro atoms. The van der Waals surface area contributed by atoms with Gasteiger partial charge in [-0.2, -0.15) is 0 Å². The van der Waals surface area contributed by atoms with Crippen molar-refractivity contribution in [1.82, 2.24) is 5.32 Å². The molecule has 18 heavy (non-hydrogen) atoms. The average molecular weight is 333 g/mol. The number of thiocarbonyl (C=S) groups is 1. The predicted octanol–water partition coefficient (Wildman–Crippen LogP) is 2.63. The van der Waals surface area contributed by atoms with E-state index in [-0.39, 0.29) is 16.6 Å². The summed E-state index contributed by atoms with van der Waals surface area (Å²) in [5.41, 5.74) is 5.03. The van der Waals surface area contributed by atoms with Crippen LogP contribution in [0.2, 0.25) is 0 Å². The first kappa shape index (κ1) is 15.0. The zero-order valence-corrected chi connectivity index (χ0v) is 12.5. The van der Waals surface area contributed by atoms with Crippen molar-refractivity contribution in [2.75, 3.05) is 6.54 Å². The molecule has 1 aromatic rings. The highest BCUT2D eigenvalue weighted by molar-refractivity contribution is 9.10. The number of carbonyl (C=O) groups is 1. The molecule has 0 aliphatic carbocycles. The first-order valence-electron chi connectivity index (χ1n) is 5.28. The molecule has 0 fully saturated rings. The van der Waals surface area contributed by atoms with Crippen molar-refractivity contribution in [3.63, 3.8) is 0 Å². The van der Waals surface area contributed by atoms with Crippen LogP contribution in [0.1, 0.15) is 24.2 Å². The quantitative estimate of drug-likeness (QED) is 0.833. The van der Waals surface area contributed by atoms with Gasteiger partial charge in [0.25, 0.3) is 5.91 Å². The Labute approximate surface area is 119 Å².